The summed E-state index contributed by atoms with van der Waals surface area (Å²) < 4.78 is 13.6. The van der Waals surface area contributed by atoms with Crippen molar-refractivity contribution in [3.05, 3.63) is 47.8 Å². The van der Waals surface area contributed by atoms with Crippen LogP contribution in [0.1, 0.15) is 24.3 Å². The summed E-state index contributed by atoms with van der Waals surface area (Å²) in [5.41, 5.74) is 1.04. The number of rotatable bonds is 1. The molecule has 14 heavy (non-hydrogen) atoms. The van der Waals surface area contributed by atoms with E-state index in [1.54, 1.807) is 6.07 Å². The van der Waals surface area contributed by atoms with Crippen molar-refractivity contribution in [2.75, 3.05) is 0 Å². The largest absolute Gasteiger partial charge is 0.206 e. The smallest absolute Gasteiger partial charge is 0.139 e. The number of fused-ring (bicyclic) bond motifs is 1. The summed E-state index contributed by atoms with van der Waals surface area (Å²) in [5.74, 6) is 0.360. The first-order valence-corrected chi connectivity index (χ1v) is 4.95. The van der Waals surface area contributed by atoms with E-state index in [9.17, 15) is 4.39 Å². The summed E-state index contributed by atoms with van der Waals surface area (Å²) in [6.45, 7) is 0. The van der Waals surface area contributed by atoms with Crippen LogP contribution in [0, 0.1) is 11.9 Å². The molecule has 0 atom stereocenters. The lowest BCUT2D eigenvalue weighted by atomic mass is 10.0. The van der Waals surface area contributed by atoms with E-state index < -0.39 is 0 Å². The molecular weight excluding hydrogens is 175 g/mol. The van der Waals surface area contributed by atoms with Crippen molar-refractivity contribution in [3.63, 3.8) is 0 Å². The Hall–Kier alpha value is -1.37. The first-order valence-electron chi connectivity index (χ1n) is 4.95. The van der Waals surface area contributed by atoms with E-state index >= 15 is 0 Å². The van der Waals surface area contributed by atoms with Crippen molar-refractivity contribution in [2.45, 2.75) is 18.8 Å². The predicted octanol–water partition coefficient (Wildman–Crippen LogP) is 3.66. The molecule has 0 heterocycles. The zero-order chi connectivity index (χ0) is 9.54. The topological polar surface area (TPSA) is 0 Å². The SMILES string of the molecule is Fc1[c]c(C2CC2)cc2ccccc12. The Kier molecular flexibility index (Phi) is 1.60. The second kappa shape index (κ2) is 2.81. The number of benzene rings is 2. The van der Waals surface area contributed by atoms with Crippen LogP contribution in [0.2, 0.25) is 0 Å². The molecule has 1 saturated carbocycles. The van der Waals surface area contributed by atoms with Crippen LogP contribution in [0.15, 0.2) is 30.3 Å². The molecule has 0 unspecified atom stereocenters. The third kappa shape index (κ3) is 1.20. The van der Waals surface area contributed by atoms with E-state index in [4.69, 9.17) is 0 Å². The van der Waals surface area contributed by atoms with E-state index in [2.05, 4.69) is 12.1 Å². The molecule has 3 rings (SSSR count). The van der Waals surface area contributed by atoms with Crippen molar-refractivity contribution in [3.8, 4) is 0 Å². The van der Waals surface area contributed by atoms with Crippen LogP contribution in [0.4, 0.5) is 4.39 Å². The van der Waals surface area contributed by atoms with Gasteiger partial charge in [0, 0.05) is 11.5 Å². The highest BCUT2D eigenvalue weighted by atomic mass is 19.1. The Labute approximate surface area is 82.4 Å². The number of hydrogen-bond donors (Lipinski definition) is 0. The fraction of sp³-hybridized carbons (Fsp3) is 0.231. The third-order valence-electron chi connectivity index (χ3n) is 2.78. The van der Waals surface area contributed by atoms with Crippen LogP contribution in [-0.2, 0) is 0 Å². The van der Waals surface area contributed by atoms with Gasteiger partial charge in [0.05, 0.1) is 0 Å². The van der Waals surface area contributed by atoms with Gasteiger partial charge < -0.3 is 0 Å². The minimum absolute atomic E-state index is 0.204. The van der Waals surface area contributed by atoms with Crippen LogP contribution in [0.3, 0.4) is 0 Å². The fourth-order valence-electron chi connectivity index (χ4n) is 1.83. The lowest BCUT2D eigenvalue weighted by molar-refractivity contribution is 0.635. The highest BCUT2D eigenvalue weighted by Crippen LogP contribution is 2.41. The summed E-state index contributed by atoms with van der Waals surface area (Å²) in [7, 11) is 0. The van der Waals surface area contributed by atoms with Crippen molar-refractivity contribution in [1.82, 2.24) is 0 Å². The first kappa shape index (κ1) is 7.98. The Morgan fingerprint density at radius 2 is 2.00 bits per heavy atom. The molecule has 0 spiro atoms. The molecule has 1 aliphatic rings. The normalized spacial score (nSPS) is 16.1. The lowest BCUT2D eigenvalue weighted by Crippen LogP contribution is -1.85. The summed E-state index contributed by atoms with van der Waals surface area (Å²) in [5, 5.41) is 1.67. The Bertz CT molecular complexity index is 484. The van der Waals surface area contributed by atoms with Gasteiger partial charge in [-0.25, -0.2) is 4.39 Å². The fourth-order valence-corrected chi connectivity index (χ4v) is 1.83. The Morgan fingerprint density at radius 1 is 1.21 bits per heavy atom. The molecule has 0 saturated heterocycles. The van der Waals surface area contributed by atoms with Crippen molar-refractivity contribution in [1.29, 1.82) is 0 Å². The molecule has 1 heteroatoms. The van der Waals surface area contributed by atoms with Crippen LogP contribution in [-0.4, -0.2) is 0 Å². The van der Waals surface area contributed by atoms with Gasteiger partial charge in [-0.2, -0.15) is 0 Å². The molecule has 0 N–H and O–H groups in total. The van der Waals surface area contributed by atoms with Gasteiger partial charge in [0.25, 0.3) is 0 Å². The molecule has 0 nitrogen and oxygen atoms in total. The van der Waals surface area contributed by atoms with Gasteiger partial charge in [-0.3, -0.25) is 0 Å². The van der Waals surface area contributed by atoms with Gasteiger partial charge in [-0.05, 0) is 29.7 Å². The molecule has 1 radical (unpaired) electrons. The Balaban J connectivity index is 2.27. The van der Waals surface area contributed by atoms with Crippen molar-refractivity contribution >= 4 is 10.8 Å². The van der Waals surface area contributed by atoms with E-state index in [1.165, 1.54) is 12.8 Å². The summed E-state index contributed by atoms with van der Waals surface area (Å²) >= 11 is 0. The molecule has 0 amide bonds. The molecule has 2 aromatic rings. The first-order chi connectivity index (χ1) is 6.84. The van der Waals surface area contributed by atoms with Crippen LogP contribution in [0.25, 0.3) is 10.8 Å². The molecule has 2 aromatic carbocycles. The van der Waals surface area contributed by atoms with Gasteiger partial charge in [0.15, 0.2) is 0 Å². The molecule has 0 aliphatic heterocycles. The highest BCUT2D eigenvalue weighted by Gasteiger charge is 2.24. The maximum Gasteiger partial charge on any atom is 0.139 e. The molecule has 69 valence electrons. The molecule has 1 fully saturated rings. The minimum Gasteiger partial charge on any atom is -0.206 e. The van der Waals surface area contributed by atoms with Crippen molar-refractivity contribution in [2.24, 2.45) is 0 Å². The van der Waals surface area contributed by atoms with Crippen LogP contribution >= 0.6 is 0 Å². The van der Waals surface area contributed by atoms with E-state index in [0.29, 0.717) is 11.3 Å². The summed E-state index contributed by atoms with van der Waals surface area (Å²) in [6.07, 6.45) is 2.38. The quantitative estimate of drug-likeness (QED) is 0.636. The zero-order valence-electron chi connectivity index (χ0n) is 7.76. The second-order valence-electron chi connectivity index (χ2n) is 3.90. The van der Waals surface area contributed by atoms with Crippen molar-refractivity contribution < 1.29 is 4.39 Å². The molecule has 1 aliphatic carbocycles. The summed E-state index contributed by atoms with van der Waals surface area (Å²) in [6, 6.07) is 12.5. The van der Waals surface area contributed by atoms with Gasteiger partial charge >= 0.3 is 0 Å². The lowest BCUT2D eigenvalue weighted by Gasteiger charge is -2.02. The standard InChI is InChI=1S/C13H10F/c14-13-8-11(9-5-6-9)7-10-3-1-2-4-12(10)13/h1-4,7,9H,5-6H2. The Morgan fingerprint density at radius 3 is 2.79 bits per heavy atom. The average molecular weight is 185 g/mol. The van der Waals surface area contributed by atoms with E-state index in [0.717, 1.165) is 10.9 Å². The van der Waals surface area contributed by atoms with Gasteiger partial charge in [-0.15, -0.1) is 0 Å². The average Bonchev–Trinajstić information content (AvgIpc) is 3.01. The molecule has 0 bridgehead atoms. The third-order valence-corrected chi connectivity index (χ3v) is 2.78. The summed E-state index contributed by atoms with van der Waals surface area (Å²) in [4.78, 5) is 0. The van der Waals surface area contributed by atoms with Gasteiger partial charge in [0.1, 0.15) is 5.82 Å². The molecular formula is C13H10F. The van der Waals surface area contributed by atoms with Crippen LogP contribution in [0.5, 0.6) is 0 Å². The number of halogens is 1. The maximum absolute atomic E-state index is 13.6. The molecule has 0 aromatic heterocycles. The van der Waals surface area contributed by atoms with Gasteiger partial charge in [-0.1, -0.05) is 30.3 Å². The van der Waals surface area contributed by atoms with E-state index in [-0.39, 0.29) is 5.82 Å². The minimum atomic E-state index is -0.204. The zero-order valence-corrected chi connectivity index (χ0v) is 7.76. The van der Waals surface area contributed by atoms with Crippen LogP contribution < -0.4 is 0 Å². The van der Waals surface area contributed by atoms with Gasteiger partial charge in [0.2, 0.25) is 0 Å². The second-order valence-corrected chi connectivity index (χ2v) is 3.90. The van der Waals surface area contributed by atoms with E-state index in [1.807, 2.05) is 18.2 Å². The monoisotopic (exact) mass is 185 g/mol. The predicted molar refractivity (Wildman–Crippen MR) is 54.7 cm³/mol. The highest BCUT2D eigenvalue weighted by molar-refractivity contribution is 5.83. The number of hydrogen-bond acceptors (Lipinski definition) is 0. The maximum atomic E-state index is 13.6.